The van der Waals surface area contributed by atoms with Gasteiger partial charge in [-0.25, -0.2) is 15.0 Å². The van der Waals surface area contributed by atoms with E-state index in [1.807, 2.05) is 18.4 Å². The van der Waals surface area contributed by atoms with Gasteiger partial charge in [-0.2, -0.15) is 0 Å². The highest BCUT2D eigenvalue weighted by molar-refractivity contribution is 7.19. The van der Waals surface area contributed by atoms with Gasteiger partial charge in [-0.15, -0.1) is 11.3 Å². The number of nitrogen functional groups attached to an aromatic ring is 1. The van der Waals surface area contributed by atoms with Gasteiger partial charge >= 0.3 is 0 Å². The van der Waals surface area contributed by atoms with Crippen LogP contribution in [0.2, 0.25) is 0 Å². The number of aromatic nitrogens is 3. The van der Waals surface area contributed by atoms with Gasteiger partial charge in [-0.05, 0) is 18.4 Å². The molecule has 7 heteroatoms. The molecule has 21 heavy (non-hydrogen) atoms. The zero-order chi connectivity index (χ0) is 15.2. The van der Waals surface area contributed by atoms with Crippen molar-refractivity contribution in [1.82, 2.24) is 15.0 Å². The van der Waals surface area contributed by atoms with Crippen molar-refractivity contribution in [3.63, 3.8) is 0 Å². The summed E-state index contributed by atoms with van der Waals surface area (Å²) in [7, 11) is 0. The van der Waals surface area contributed by atoms with E-state index in [9.17, 15) is 0 Å². The van der Waals surface area contributed by atoms with Gasteiger partial charge in [0.1, 0.15) is 5.00 Å². The fourth-order valence-corrected chi connectivity index (χ4v) is 3.80. The second-order valence-electron chi connectivity index (χ2n) is 5.87. The van der Waals surface area contributed by atoms with E-state index in [1.165, 1.54) is 11.3 Å². The second-order valence-corrected chi connectivity index (χ2v) is 7.82. The number of thiazole rings is 1. The highest BCUT2D eigenvalue weighted by Crippen LogP contribution is 2.35. The van der Waals surface area contributed by atoms with Crippen LogP contribution in [0.4, 0.5) is 16.1 Å². The van der Waals surface area contributed by atoms with Gasteiger partial charge in [0.05, 0.1) is 21.6 Å². The van der Waals surface area contributed by atoms with Crippen molar-refractivity contribution in [2.45, 2.75) is 33.1 Å². The van der Waals surface area contributed by atoms with E-state index in [1.54, 1.807) is 11.3 Å². The van der Waals surface area contributed by atoms with E-state index in [2.05, 4.69) is 41.0 Å². The molecule has 0 aliphatic heterocycles. The summed E-state index contributed by atoms with van der Waals surface area (Å²) in [6, 6.07) is 2.00. The van der Waals surface area contributed by atoms with Gasteiger partial charge in [-0.3, -0.25) is 5.32 Å². The van der Waals surface area contributed by atoms with Crippen molar-refractivity contribution in [3.05, 3.63) is 22.8 Å². The molecule has 3 aromatic rings. The molecule has 0 amide bonds. The molecule has 5 nitrogen and oxygen atoms in total. The third-order valence-electron chi connectivity index (χ3n) is 3.06. The quantitative estimate of drug-likeness (QED) is 0.744. The molecule has 3 N–H and O–H groups in total. The zero-order valence-electron chi connectivity index (χ0n) is 12.4. The lowest BCUT2D eigenvalue weighted by atomic mass is 9.93. The molecule has 0 saturated carbocycles. The van der Waals surface area contributed by atoms with Crippen molar-refractivity contribution in [2.24, 2.45) is 0 Å². The normalized spacial score (nSPS) is 12.0. The molecule has 0 aliphatic carbocycles. The summed E-state index contributed by atoms with van der Waals surface area (Å²) < 4.78 is 1.12. The summed E-state index contributed by atoms with van der Waals surface area (Å²) in [5, 5.41) is 6.66. The molecule has 0 aliphatic rings. The van der Waals surface area contributed by atoms with Crippen molar-refractivity contribution in [1.29, 1.82) is 0 Å². The maximum Gasteiger partial charge on any atom is 0.229 e. The number of aryl methyl sites for hydroxylation is 1. The molecule has 0 atom stereocenters. The molecule has 110 valence electrons. The number of hydrogen-bond acceptors (Lipinski definition) is 7. The topological polar surface area (TPSA) is 76.7 Å². The minimum absolute atomic E-state index is 0.0748. The number of nitrogens with two attached hydrogens (primary N) is 1. The molecular weight excluding hydrogens is 302 g/mol. The molecule has 3 heterocycles. The summed E-state index contributed by atoms with van der Waals surface area (Å²) in [6.45, 7) is 8.28. The van der Waals surface area contributed by atoms with Gasteiger partial charge in [-0.1, -0.05) is 32.1 Å². The lowest BCUT2D eigenvalue weighted by molar-refractivity contribution is 0.576. The monoisotopic (exact) mass is 319 g/mol. The SMILES string of the molecule is Cc1nc(Nc2nc(C(C)(C)C)c(N)s2)nc2ccsc12. The summed E-state index contributed by atoms with van der Waals surface area (Å²) in [6.07, 6.45) is 0. The van der Waals surface area contributed by atoms with Crippen LogP contribution in [-0.2, 0) is 5.41 Å². The van der Waals surface area contributed by atoms with Crippen LogP contribution in [0, 0.1) is 6.92 Å². The Morgan fingerprint density at radius 2 is 1.95 bits per heavy atom. The zero-order valence-corrected chi connectivity index (χ0v) is 14.0. The largest absolute Gasteiger partial charge is 0.389 e. The average Bonchev–Trinajstić information content (AvgIpc) is 2.95. The summed E-state index contributed by atoms with van der Waals surface area (Å²) in [5.74, 6) is 0.563. The Kier molecular flexibility index (Phi) is 3.33. The lowest BCUT2D eigenvalue weighted by Gasteiger charge is -2.15. The molecule has 0 spiro atoms. The minimum atomic E-state index is -0.0748. The highest BCUT2D eigenvalue weighted by Gasteiger charge is 2.22. The number of nitrogens with zero attached hydrogens (tertiary/aromatic N) is 3. The van der Waals surface area contributed by atoms with Gasteiger partial charge in [0, 0.05) is 5.41 Å². The Morgan fingerprint density at radius 1 is 1.19 bits per heavy atom. The van der Waals surface area contributed by atoms with Crippen molar-refractivity contribution >= 4 is 49.0 Å². The number of anilines is 3. The predicted molar refractivity (Wildman–Crippen MR) is 90.7 cm³/mol. The molecule has 0 radical (unpaired) electrons. The van der Waals surface area contributed by atoms with Crippen molar-refractivity contribution < 1.29 is 0 Å². The summed E-state index contributed by atoms with van der Waals surface area (Å²) in [5.41, 5.74) is 8.82. The second kappa shape index (κ2) is 4.92. The molecule has 0 bridgehead atoms. The molecule has 0 fully saturated rings. The number of rotatable bonds is 2. The van der Waals surface area contributed by atoms with Gasteiger partial charge in [0.25, 0.3) is 0 Å². The van der Waals surface area contributed by atoms with E-state index in [0.29, 0.717) is 5.95 Å². The van der Waals surface area contributed by atoms with Crippen LogP contribution in [0.5, 0.6) is 0 Å². The molecule has 0 aromatic carbocycles. The molecule has 3 rings (SSSR count). The first kappa shape index (κ1) is 14.2. The van der Waals surface area contributed by atoms with Crippen molar-refractivity contribution in [2.75, 3.05) is 11.1 Å². The Balaban J connectivity index is 1.95. The predicted octanol–water partition coefficient (Wildman–Crippen LogP) is 4.08. The maximum absolute atomic E-state index is 6.06. The fraction of sp³-hybridized carbons (Fsp3) is 0.357. The van der Waals surface area contributed by atoms with E-state index >= 15 is 0 Å². The highest BCUT2D eigenvalue weighted by atomic mass is 32.1. The Hall–Kier alpha value is -1.73. The van der Waals surface area contributed by atoms with Crippen molar-refractivity contribution in [3.8, 4) is 0 Å². The summed E-state index contributed by atoms with van der Waals surface area (Å²) in [4.78, 5) is 13.6. The number of thiophene rings is 1. The third-order valence-corrected chi connectivity index (χ3v) is 4.87. The summed E-state index contributed by atoms with van der Waals surface area (Å²) >= 11 is 3.08. The Morgan fingerprint density at radius 3 is 2.62 bits per heavy atom. The number of hydrogen-bond donors (Lipinski definition) is 2. The van der Waals surface area contributed by atoms with Crippen LogP contribution in [0.3, 0.4) is 0 Å². The van der Waals surface area contributed by atoms with Gasteiger partial charge in [0.15, 0.2) is 5.13 Å². The van der Waals surface area contributed by atoms with E-state index in [0.717, 1.165) is 31.7 Å². The molecule has 3 aromatic heterocycles. The first-order valence-electron chi connectivity index (χ1n) is 6.60. The first-order valence-corrected chi connectivity index (χ1v) is 8.30. The standard InChI is InChI=1S/C14H17N5S2/c1-7-9-8(5-6-20-9)17-12(16-7)19-13-18-10(11(15)21-13)14(2,3)4/h5-6H,15H2,1-4H3,(H,16,17,18,19). The molecule has 0 unspecified atom stereocenters. The molecular formula is C14H17N5S2. The maximum atomic E-state index is 6.06. The average molecular weight is 319 g/mol. The van der Waals surface area contributed by atoms with E-state index in [4.69, 9.17) is 5.73 Å². The van der Waals surface area contributed by atoms with Crippen LogP contribution in [0.1, 0.15) is 32.2 Å². The van der Waals surface area contributed by atoms with E-state index < -0.39 is 0 Å². The fourth-order valence-electron chi connectivity index (χ4n) is 2.08. The Bertz CT molecular complexity index is 797. The van der Waals surface area contributed by atoms with Gasteiger partial charge in [0.2, 0.25) is 5.95 Å². The smallest absolute Gasteiger partial charge is 0.229 e. The van der Waals surface area contributed by atoms with Crippen LogP contribution < -0.4 is 11.1 Å². The van der Waals surface area contributed by atoms with Crippen LogP contribution in [-0.4, -0.2) is 15.0 Å². The van der Waals surface area contributed by atoms with E-state index in [-0.39, 0.29) is 5.41 Å². The van der Waals surface area contributed by atoms with Crippen LogP contribution in [0.15, 0.2) is 11.4 Å². The minimum Gasteiger partial charge on any atom is -0.389 e. The number of fused-ring (bicyclic) bond motifs is 1. The first-order chi connectivity index (χ1) is 9.84. The lowest BCUT2D eigenvalue weighted by Crippen LogP contribution is -2.13. The molecule has 0 saturated heterocycles. The number of nitrogens with one attached hydrogen (secondary N) is 1. The Labute approximate surface area is 131 Å². The third kappa shape index (κ3) is 2.71. The van der Waals surface area contributed by atoms with Gasteiger partial charge < -0.3 is 5.73 Å². The van der Waals surface area contributed by atoms with Crippen LogP contribution >= 0.6 is 22.7 Å². The van der Waals surface area contributed by atoms with Crippen LogP contribution in [0.25, 0.3) is 10.2 Å².